The van der Waals surface area contributed by atoms with Crippen LogP contribution in [0.15, 0.2) is 15.2 Å². The highest BCUT2D eigenvalue weighted by atomic mass is 79.9. The van der Waals surface area contributed by atoms with Crippen LogP contribution < -0.4 is 5.32 Å². The molecule has 1 unspecified atom stereocenters. The zero-order valence-electron chi connectivity index (χ0n) is 11.5. The van der Waals surface area contributed by atoms with Crippen molar-refractivity contribution in [2.75, 3.05) is 6.54 Å². The molecule has 19 heavy (non-hydrogen) atoms. The summed E-state index contributed by atoms with van der Waals surface area (Å²) in [6, 6.07) is 2.65. The van der Waals surface area contributed by atoms with E-state index in [1.165, 1.54) is 19.9 Å². The van der Waals surface area contributed by atoms with Gasteiger partial charge in [-0.2, -0.15) is 0 Å². The van der Waals surface area contributed by atoms with Crippen molar-refractivity contribution >= 4 is 38.6 Å². The molecule has 0 spiro atoms. The number of halogens is 1. The second kappa shape index (κ2) is 6.97. The minimum Gasteiger partial charge on any atom is -0.309 e. The molecular formula is C14H19BrN2S2. The summed E-state index contributed by atoms with van der Waals surface area (Å²) in [7, 11) is 0. The predicted octanol–water partition coefficient (Wildman–Crippen LogP) is 4.87. The Morgan fingerprint density at radius 3 is 2.74 bits per heavy atom. The van der Waals surface area contributed by atoms with Gasteiger partial charge in [-0.1, -0.05) is 6.92 Å². The monoisotopic (exact) mass is 358 g/mol. The highest BCUT2D eigenvalue weighted by Gasteiger charge is 2.16. The molecule has 0 amide bonds. The Morgan fingerprint density at radius 2 is 2.21 bits per heavy atom. The van der Waals surface area contributed by atoms with Crippen LogP contribution in [0.2, 0.25) is 0 Å². The van der Waals surface area contributed by atoms with Gasteiger partial charge in [0, 0.05) is 22.7 Å². The molecule has 2 heterocycles. The van der Waals surface area contributed by atoms with E-state index in [1.54, 1.807) is 11.3 Å². The van der Waals surface area contributed by atoms with Crippen LogP contribution in [-0.4, -0.2) is 11.5 Å². The van der Waals surface area contributed by atoms with E-state index in [-0.39, 0.29) is 0 Å². The van der Waals surface area contributed by atoms with Gasteiger partial charge in [0.2, 0.25) is 0 Å². The van der Waals surface area contributed by atoms with Crippen LogP contribution in [0.25, 0.3) is 0 Å². The van der Waals surface area contributed by atoms with Crippen LogP contribution in [0, 0.1) is 13.8 Å². The maximum absolute atomic E-state index is 4.58. The third kappa shape index (κ3) is 4.12. The van der Waals surface area contributed by atoms with Crippen LogP contribution in [0.1, 0.15) is 40.5 Å². The summed E-state index contributed by atoms with van der Waals surface area (Å²) in [4.78, 5) is 5.98. The number of nitrogens with one attached hydrogen (secondary N) is 1. The van der Waals surface area contributed by atoms with Gasteiger partial charge in [0.15, 0.2) is 0 Å². The summed E-state index contributed by atoms with van der Waals surface area (Å²) < 4.78 is 1.24. The molecule has 0 fully saturated rings. The maximum atomic E-state index is 4.58. The molecule has 2 nitrogen and oxygen atoms in total. The summed E-state index contributed by atoms with van der Waals surface area (Å²) in [6.45, 7) is 7.46. The SMILES string of the molecule is CCCNC(Cc1csc(C)n1)c1cc(C)c(Br)s1. The van der Waals surface area contributed by atoms with Gasteiger partial charge < -0.3 is 5.32 Å². The molecule has 0 saturated heterocycles. The summed E-state index contributed by atoms with van der Waals surface area (Å²) >= 11 is 7.18. The van der Waals surface area contributed by atoms with E-state index in [9.17, 15) is 0 Å². The molecule has 0 aliphatic rings. The number of thiophene rings is 1. The summed E-state index contributed by atoms with van der Waals surface area (Å²) in [5.41, 5.74) is 2.51. The Hall–Kier alpha value is -0.230. The lowest BCUT2D eigenvalue weighted by Gasteiger charge is -2.16. The largest absolute Gasteiger partial charge is 0.309 e. The normalized spacial score (nSPS) is 12.8. The van der Waals surface area contributed by atoms with Crippen molar-refractivity contribution in [1.82, 2.24) is 10.3 Å². The molecule has 104 valence electrons. The molecule has 0 aliphatic heterocycles. The molecule has 2 aromatic rings. The number of rotatable bonds is 6. The van der Waals surface area contributed by atoms with E-state index in [0.717, 1.165) is 24.4 Å². The Kier molecular flexibility index (Phi) is 5.57. The molecule has 0 radical (unpaired) electrons. The Bertz CT molecular complexity index is 514. The molecule has 1 atom stereocenters. The minimum absolute atomic E-state index is 0.372. The van der Waals surface area contributed by atoms with Crippen molar-refractivity contribution in [1.29, 1.82) is 0 Å². The zero-order chi connectivity index (χ0) is 13.8. The third-order valence-electron chi connectivity index (χ3n) is 2.94. The van der Waals surface area contributed by atoms with E-state index < -0.39 is 0 Å². The number of thiazole rings is 1. The van der Waals surface area contributed by atoms with Crippen LogP contribution in [0.3, 0.4) is 0 Å². The van der Waals surface area contributed by atoms with Crippen LogP contribution >= 0.6 is 38.6 Å². The van der Waals surface area contributed by atoms with Crippen molar-refractivity contribution in [3.05, 3.63) is 36.4 Å². The quantitative estimate of drug-likeness (QED) is 0.796. The van der Waals surface area contributed by atoms with Crippen molar-refractivity contribution < 1.29 is 0 Å². The summed E-state index contributed by atoms with van der Waals surface area (Å²) in [5, 5.41) is 6.96. The number of aryl methyl sites for hydroxylation is 2. The van der Waals surface area contributed by atoms with Crippen LogP contribution in [0.4, 0.5) is 0 Å². The van der Waals surface area contributed by atoms with Gasteiger partial charge in [0.25, 0.3) is 0 Å². The number of hydrogen-bond donors (Lipinski definition) is 1. The standard InChI is InChI=1S/C14H19BrN2S2/c1-4-5-16-12(7-11-8-18-10(3)17-11)13-6-9(2)14(15)19-13/h6,8,12,16H,4-5,7H2,1-3H3. The Labute approximate surface area is 131 Å². The molecule has 2 rings (SSSR count). The lowest BCUT2D eigenvalue weighted by molar-refractivity contribution is 0.532. The predicted molar refractivity (Wildman–Crippen MR) is 88.3 cm³/mol. The van der Waals surface area contributed by atoms with Gasteiger partial charge in [-0.25, -0.2) is 4.98 Å². The van der Waals surface area contributed by atoms with E-state index in [2.05, 4.69) is 58.4 Å². The lowest BCUT2D eigenvalue weighted by atomic mass is 10.1. The molecule has 5 heteroatoms. The highest BCUT2D eigenvalue weighted by molar-refractivity contribution is 9.11. The first-order chi connectivity index (χ1) is 9.10. The third-order valence-corrected chi connectivity index (χ3v) is 6.01. The average molecular weight is 359 g/mol. The van der Waals surface area contributed by atoms with Crippen LogP contribution in [0.5, 0.6) is 0 Å². The number of aromatic nitrogens is 1. The number of nitrogens with zero attached hydrogens (tertiary/aromatic N) is 1. The molecule has 1 N–H and O–H groups in total. The van der Waals surface area contributed by atoms with Crippen molar-refractivity contribution in [2.45, 2.75) is 39.7 Å². The fourth-order valence-corrected chi connectivity index (χ4v) is 4.23. The van der Waals surface area contributed by atoms with Gasteiger partial charge in [-0.3, -0.25) is 0 Å². The van der Waals surface area contributed by atoms with E-state index in [4.69, 9.17) is 0 Å². The lowest BCUT2D eigenvalue weighted by Crippen LogP contribution is -2.23. The Morgan fingerprint density at radius 1 is 1.42 bits per heavy atom. The summed E-state index contributed by atoms with van der Waals surface area (Å²) in [5.74, 6) is 0. The first kappa shape index (κ1) is 15.2. The molecule has 0 bridgehead atoms. The van der Waals surface area contributed by atoms with Crippen molar-refractivity contribution in [3.63, 3.8) is 0 Å². The first-order valence-corrected chi connectivity index (χ1v) is 8.99. The van der Waals surface area contributed by atoms with E-state index in [1.807, 2.05) is 11.3 Å². The van der Waals surface area contributed by atoms with Gasteiger partial charge in [-0.05, 0) is 54.4 Å². The number of hydrogen-bond acceptors (Lipinski definition) is 4. The van der Waals surface area contributed by atoms with Gasteiger partial charge in [0.1, 0.15) is 0 Å². The van der Waals surface area contributed by atoms with E-state index in [0.29, 0.717) is 6.04 Å². The minimum atomic E-state index is 0.372. The van der Waals surface area contributed by atoms with Crippen LogP contribution in [-0.2, 0) is 6.42 Å². The topological polar surface area (TPSA) is 24.9 Å². The van der Waals surface area contributed by atoms with Gasteiger partial charge in [-0.15, -0.1) is 22.7 Å². The molecule has 0 saturated carbocycles. The van der Waals surface area contributed by atoms with Crippen molar-refractivity contribution in [3.8, 4) is 0 Å². The fourth-order valence-electron chi connectivity index (χ4n) is 1.96. The molecule has 2 aromatic heterocycles. The zero-order valence-corrected chi connectivity index (χ0v) is 14.7. The maximum Gasteiger partial charge on any atom is 0.0897 e. The second-order valence-corrected chi connectivity index (χ2v) is 8.14. The highest BCUT2D eigenvalue weighted by Crippen LogP contribution is 2.33. The van der Waals surface area contributed by atoms with Crippen molar-refractivity contribution in [2.24, 2.45) is 0 Å². The van der Waals surface area contributed by atoms with Gasteiger partial charge in [0.05, 0.1) is 14.5 Å². The smallest absolute Gasteiger partial charge is 0.0897 e. The second-order valence-electron chi connectivity index (χ2n) is 4.67. The van der Waals surface area contributed by atoms with E-state index >= 15 is 0 Å². The average Bonchev–Trinajstić information content (AvgIpc) is 2.92. The van der Waals surface area contributed by atoms with Gasteiger partial charge >= 0.3 is 0 Å². The Balaban J connectivity index is 2.15. The molecule has 0 aliphatic carbocycles. The molecular weight excluding hydrogens is 340 g/mol. The summed E-state index contributed by atoms with van der Waals surface area (Å²) in [6.07, 6.45) is 2.12. The fraction of sp³-hybridized carbons (Fsp3) is 0.500. The first-order valence-electron chi connectivity index (χ1n) is 6.50. The molecule has 0 aromatic carbocycles.